The van der Waals surface area contributed by atoms with Crippen LogP contribution in [0, 0.1) is 5.95 Å². The first-order valence-electron chi connectivity index (χ1n) is 10.5. The molecule has 0 spiro atoms. The third-order valence-electron chi connectivity index (χ3n) is 5.47. The zero-order valence-corrected chi connectivity index (χ0v) is 17.3. The lowest BCUT2D eigenvalue weighted by atomic mass is 9.91. The maximum Gasteiger partial charge on any atom is 0.212 e. The van der Waals surface area contributed by atoms with Crippen LogP contribution in [0.2, 0.25) is 0 Å². The topological polar surface area (TPSA) is 50.7 Å². The fraction of sp³-hybridized carbons (Fsp3) is 0.0741. The Hall–Kier alpha value is -4.12. The number of nitrogens with one attached hydrogen (secondary N) is 1. The lowest BCUT2D eigenvalue weighted by molar-refractivity contribution is 0.584. The largest absolute Gasteiger partial charge is 0.368 e. The quantitative estimate of drug-likeness (QED) is 0.339. The lowest BCUT2D eigenvalue weighted by Crippen LogP contribution is -2.15. The van der Waals surface area contributed by atoms with Gasteiger partial charge in [-0.2, -0.15) is 4.39 Å². The van der Waals surface area contributed by atoms with Crippen LogP contribution in [0.5, 0.6) is 0 Å². The summed E-state index contributed by atoms with van der Waals surface area (Å²) in [5.41, 5.74) is 3.95. The van der Waals surface area contributed by atoms with E-state index < -0.39 is 5.95 Å². The van der Waals surface area contributed by atoms with Crippen molar-refractivity contribution in [3.8, 4) is 11.4 Å². The molecule has 5 aromatic rings. The van der Waals surface area contributed by atoms with Crippen molar-refractivity contribution in [3.05, 3.63) is 120 Å². The number of halogens is 1. The molecule has 0 fully saturated rings. The monoisotopic (exact) mass is 420 g/mol. The number of rotatable bonds is 6. The predicted octanol–water partition coefficient (Wildman–Crippen LogP) is 6.07. The van der Waals surface area contributed by atoms with Gasteiger partial charge in [0.2, 0.25) is 5.95 Å². The number of para-hydroxylation sites is 1. The first-order valence-corrected chi connectivity index (χ1v) is 10.5. The standard InChI is InChI=1S/C27H21FN4/c28-25-16-15-21(17-29-25)26-31-24-14-8-7-13-22(24)27(32-26)30-18-23(19-9-3-1-4-10-19)20-11-5-2-6-12-20/h1-17,23H,18H2,(H,30,31,32). The second-order valence-corrected chi connectivity index (χ2v) is 7.54. The summed E-state index contributed by atoms with van der Waals surface area (Å²) < 4.78 is 13.3. The number of pyridine rings is 1. The summed E-state index contributed by atoms with van der Waals surface area (Å²) in [5, 5.41) is 4.50. The van der Waals surface area contributed by atoms with Crippen molar-refractivity contribution in [1.29, 1.82) is 0 Å². The van der Waals surface area contributed by atoms with Crippen LogP contribution >= 0.6 is 0 Å². The zero-order valence-electron chi connectivity index (χ0n) is 17.3. The van der Waals surface area contributed by atoms with E-state index in [1.165, 1.54) is 23.4 Å². The minimum atomic E-state index is -0.526. The Morgan fingerprint density at radius 2 is 1.38 bits per heavy atom. The number of nitrogens with zero attached hydrogens (tertiary/aromatic N) is 3. The first kappa shape index (κ1) is 19.8. The maximum absolute atomic E-state index is 13.3. The molecule has 0 bridgehead atoms. The van der Waals surface area contributed by atoms with Crippen LogP contribution in [0.25, 0.3) is 22.3 Å². The molecule has 0 amide bonds. The van der Waals surface area contributed by atoms with E-state index in [1.54, 1.807) is 6.07 Å². The molecule has 0 saturated carbocycles. The number of hydrogen-bond acceptors (Lipinski definition) is 4. The van der Waals surface area contributed by atoms with Gasteiger partial charge >= 0.3 is 0 Å². The molecule has 0 aliphatic carbocycles. The van der Waals surface area contributed by atoms with E-state index in [4.69, 9.17) is 4.98 Å². The van der Waals surface area contributed by atoms with Crippen molar-refractivity contribution in [2.24, 2.45) is 0 Å². The highest BCUT2D eigenvalue weighted by Crippen LogP contribution is 2.28. The number of anilines is 1. The van der Waals surface area contributed by atoms with Crippen LogP contribution in [0.3, 0.4) is 0 Å². The molecule has 0 radical (unpaired) electrons. The van der Waals surface area contributed by atoms with Gasteiger partial charge in [0.15, 0.2) is 5.82 Å². The summed E-state index contributed by atoms with van der Waals surface area (Å²) in [6.45, 7) is 0.663. The molecule has 0 aliphatic rings. The Kier molecular flexibility index (Phi) is 5.54. The fourth-order valence-electron chi connectivity index (χ4n) is 3.85. The predicted molar refractivity (Wildman–Crippen MR) is 126 cm³/mol. The molecule has 0 aliphatic heterocycles. The van der Waals surface area contributed by atoms with Crippen LogP contribution in [0.4, 0.5) is 10.2 Å². The van der Waals surface area contributed by atoms with Crippen molar-refractivity contribution < 1.29 is 4.39 Å². The highest BCUT2D eigenvalue weighted by Gasteiger charge is 2.16. The SMILES string of the molecule is Fc1ccc(-c2nc(NCC(c3ccccc3)c3ccccc3)c3ccccc3n2)cn1. The second kappa shape index (κ2) is 8.94. The van der Waals surface area contributed by atoms with Gasteiger partial charge in [0.05, 0.1) is 5.52 Å². The maximum atomic E-state index is 13.3. The van der Waals surface area contributed by atoms with Crippen molar-refractivity contribution >= 4 is 16.7 Å². The molecule has 0 unspecified atom stereocenters. The fourth-order valence-corrected chi connectivity index (χ4v) is 3.85. The van der Waals surface area contributed by atoms with E-state index in [2.05, 4.69) is 63.8 Å². The molecular formula is C27H21FN4. The molecule has 3 aromatic carbocycles. The van der Waals surface area contributed by atoms with E-state index in [1.807, 2.05) is 36.4 Å². The molecule has 4 nitrogen and oxygen atoms in total. The number of fused-ring (bicyclic) bond motifs is 1. The Labute approximate surface area is 185 Å². The Balaban J connectivity index is 1.53. The Morgan fingerprint density at radius 1 is 0.719 bits per heavy atom. The lowest BCUT2D eigenvalue weighted by Gasteiger charge is -2.20. The molecule has 156 valence electrons. The average molecular weight is 420 g/mol. The van der Waals surface area contributed by atoms with Crippen LogP contribution in [-0.4, -0.2) is 21.5 Å². The van der Waals surface area contributed by atoms with Crippen molar-refractivity contribution in [1.82, 2.24) is 15.0 Å². The van der Waals surface area contributed by atoms with Gasteiger partial charge in [-0.05, 0) is 35.4 Å². The van der Waals surface area contributed by atoms with Gasteiger partial charge in [-0.15, -0.1) is 0 Å². The second-order valence-electron chi connectivity index (χ2n) is 7.54. The molecule has 5 rings (SSSR count). The van der Waals surface area contributed by atoms with E-state index in [-0.39, 0.29) is 5.92 Å². The molecule has 2 heterocycles. The van der Waals surface area contributed by atoms with Crippen molar-refractivity contribution in [2.45, 2.75) is 5.92 Å². The summed E-state index contributed by atoms with van der Waals surface area (Å²) in [7, 11) is 0. The minimum Gasteiger partial charge on any atom is -0.368 e. The zero-order chi connectivity index (χ0) is 21.8. The average Bonchev–Trinajstić information content (AvgIpc) is 2.86. The molecule has 0 atom stereocenters. The molecule has 0 saturated heterocycles. The molecular weight excluding hydrogens is 399 g/mol. The van der Waals surface area contributed by atoms with Gasteiger partial charge in [0.25, 0.3) is 0 Å². The molecule has 2 aromatic heterocycles. The number of aromatic nitrogens is 3. The van der Waals surface area contributed by atoms with Gasteiger partial charge in [0, 0.05) is 29.6 Å². The highest BCUT2D eigenvalue weighted by molar-refractivity contribution is 5.90. The first-order chi connectivity index (χ1) is 15.8. The van der Waals surface area contributed by atoms with Crippen molar-refractivity contribution in [2.75, 3.05) is 11.9 Å². The smallest absolute Gasteiger partial charge is 0.212 e. The summed E-state index contributed by atoms with van der Waals surface area (Å²) in [4.78, 5) is 13.2. The van der Waals surface area contributed by atoms with Crippen LogP contribution in [0.15, 0.2) is 103 Å². The summed E-state index contributed by atoms with van der Waals surface area (Å²) in [6, 6.07) is 31.7. The molecule has 32 heavy (non-hydrogen) atoms. The molecule has 1 N–H and O–H groups in total. The van der Waals surface area contributed by atoms with E-state index >= 15 is 0 Å². The van der Waals surface area contributed by atoms with Gasteiger partial charge in [0.1, 0.15) is 5.82 Å². The van der Waals surface area contributed by atoms with Crippen LogP contribution < -0.4 is 5.32 Å². The summed E-state index contributed by atoms with van der Waals surface area (Å²) >= 11 is 0. The van der Waals surface area contributed by atoms with Gasteiger partial charge in [-0.1, -0.05) is 72.8 Å². The van der Waals surface area contributed by atoms with Crippen LogP contribution in [0.1, 0.15) is 17.0 Å². The third-order valence-corrected chi connectivity index (χ3v) is 5.47. The van der Waals surface area contributed by atoms with E-state index in [0.717, 1.165) is 16.7 Å². The number of benzene rings is 3. The van der Waals surface area contributed by atoms with Crippen molar-refractivity contribution in [3.63, 3.8) is 0 Å². The molecule has 5 heteroatoms. The van der Waals surface area contributed by atoms with Crippen LogP contribution in [-0.2, 0) is 0 Å². The van der Waals surface area contributed by atoms with E-state index in [9.17, 15) is 4.39 Å². The van der Waals surface area contributed by atoms with Gasteiger partial charge in [-0.25, -0.2) is 15.0 Å². The minimum absolute atomic E-state index is 0.155. The normalized spacial score (nSPS) is 11.1. The van der Waals surface area contributed by atoms with E-state index in [0.29, 0.717) is 17.9 Å². The van der Waals surface area contributed by atoms with Gasteiger partial charge < -0.3 is 5.32 Å². The third kappa shape index (κ3) is 4.18. The van der Waals surface area contributed by atoms with Gasteiger partial charge in [-0.3, -0.25) is 0 Å². The Bertz CT molecular complexity index is 1280. The highest BCUT2D eigenvalue weighted by atomic mass is 19.1. The summed E-state index contributed by atoms with van der Waals surface area (Å²) in [6.07, 6.45) is 1.46. The Morgan fingerprint density at radius 3 is 2.03 bits per heavy atom. The number of hydrogen-bond donors (Lipinski definition) is 1. The summed E-state index contributed by atoms with van der Waals surface area (Å²) in [5.74, 6) is 0.880.